The monoisotopic (exact) mass is 326 g/mol. The first kappa shape index (κ1) is 15.3. The number of nitrogens with one attached hydrogen (secondary N) is 1. The minimum absolute atomic E-state index is 0.0158. The molecule has 0 bridgehead atoms. The molecule has 7 heteroatoms. The van der Waals surface area contributed by atoms with E-state index in [1.807, 2.05) is 17.8 Å². The lowest BCUT2D eigenvalue weighted by Crippen LogP contribution is -2.36. The zero-order valence-corrected chi connectivity index (χ0v) is 14.0. The molecule has 4 rings (SSSR count). The van der Waals surface area contributed by atoms with Gasteiger partial charge in [-0.2, -0.15) is 0 Å². The summed E-state index contributed by atoms with van der Waals surface area (Å²) in [6.07, 6.45) is 7.65. The quantitative estimate of drug-likeness (QED) is 0.914. The molecule has 7 nitrogen and oxygen atoms in total. The molecule has 0 saturated carbocycles. The molecule has 24 heavy (non-hydrogen) atoms. The van der Waals surface area contributed by atoms with Crippen LogP contribution >= 0.6 is 0 Å². The fourth-order valence-electron chi connectivity index (χ4n) is 3.41. The SMILES string of the molecule is Cn1cncc1CN1CCc2nc(C3=NCCCC3)[nH]c(=O)c2C1. The van der Waals surface area contributed by atoms with E-state index in [-0.39, 0.29) is 5.56 Å². The van der Waals surface area contributed by atoms with Crippen LogP contribution in [-0.4, -0.2) is 43.2 Å². The van der Waals surface area contributed by atoms with Crippen molar-refractivity contribution in [2.24, 2.45) is 12.0 Å². The van der Waals surface area contributed by atoms with Crippen LogP contribution in [0.3, 0.4) is 0 Å². The predicted molar refractivity (Wildman–Crippen MR) is 91.1 cm³/mol. The van der Waals surface area contributed by atoms with E-state index in [4.69, 9.17) is 4.98 Å². The Balaban J connectivity index is 1.57. The van der Waals surface area contributed by atoms with E-state index in [0.29, 0.717) is 12.4 Å². The normalized spacial score (nSPS) is 18.3. The van der Waals surface area contributed by atoms with Gasteiger partial charge in [0.05, 0.1) is 29.0 Å². The van der Waals surface area contributed by atoms with E-state index in [2.05, 4.69) is 19.9 Å². The summed E-state index contributed by atoms with van der Waals surface area (Å²) in [5, 5.41) is 0. The van der Waals surface area contributed by atoms with Gasteiger partial charge in [-0.1, -0.05) is 0 Å². The first-order chi connectivity index (χ1) is 11.7. The van der Waals surface area contributed by atoms with Gasteiger partial charge in [0.15, 0.2) is 5.82 Å². The van der Waals surface area contributed by atoms with Crippen molar-refractivity contribution in [3.63, 3.8) is 0 Å². The summed E-state index contributed by atoms with van der Waals surface area (Å²) < 4.78 is 2.02. The Labute approximate surface area is 140 Å². The largest absolute Gasteiger partial charge is 0.337 e. The highest BCUT2D eigenvalue weighted by Crippen LogP contribution is 2.17. The molecule has 2 aliphatic heterocycles. The van der Waals surface area contributed by atoms with Crippen LogP contribution in [0.5, 0.6) is 0 Å². The van der Waals surface area contributed by atoms with Crippen molar-refractivity contribution in [3.8, 4) is 0 Å². The minimum Gasteiger partial charge on any atom is -0.337 e. The van der Waals surface area contributed by atoms with Gasteiger partial charge in [-0.15, -0.1) is 0 Å². The molecule has 126 valence electrons. The number of aromatic nitrogens is 4. The molecule has 0 aliphatic carbocycles. The molecule has 0 atom stereocenters. The molecule has 0 aromatic carbocycles. The summed E-state index contributed by atoms with van der Waals surface area (Å²) >= 11 is 0. The van der Waals surface area contributed by atoms with Crippen molar-refractivity contribution in [1.29, 1.82) is 0 Å². The van der Waals surface area contributed by atoms with Crippen molar-refractivity contribution in [1.82, 2.24) is 24.4 Å². The summed E-state index contributed by atoms with van der Waals surface area (Å²) in [4.78, 5) is 31.2. The van der Waals surface area contributed by atoms with Gasteiger partial charge >= 0.3 is 0 Å². The lowest BCUT2D eigenvalue weighted by Gasteiger charge is -2.27. The topological polar surface area (TPSA) is 79.2 Å². The smallest absolute Gasteiger partial charge is 0.255 e. The maximum absolute atomic E-state index is 12.5. The number of aromatic amines is 1. The number of imidazole rings is 1. The first-order valence-corrected chi connectivity index (χ1v) is 8.54. The highest BCUT2D eigenvalue weighted by atomic mass is 16.1. The highest BCUT2D eigenvalue weighted by molar-refractivity contribution is 5.97. The van der Waals surface area contributed by atoms with E-state index >= 15 is 0 Å². The number of rotatable bonds is 3. The molecular formula is C17H22N6O. The molecule has 0 spiro atoms. The van der Waals surface area contributed by atoms with Crippen LogP contribution in [0.1, 0.15) is 42.0 Å². The van der Waals surface area contributed by atoms with Gasteiger partial charge in [0, 0.05) is 45.8 Å². The van der Waals surface area contributed by atoms with Crippen LogP contribution in [0.4, 0.5) is 0 Å². The van der Waals surface area contributed by atoms with E-state index < -0.39 is 0 Å². The zero-order chi connectivity index (χ0) is 16.5. The van der Waals surface area contributed by atoms with Crippen LogP contribution in [0, 0.1) is 0 Å². The fourth-order valence-corrected chi connectivity index (χ4v) is 3.41. The van der Waals surface area contributed by atoms with Crippen molar-refractivity contribution >= 4 is 5.71 Å². The van der Waals surface area contributed by atoms with Gasteiger partial charge in [0.25, 0.3) is 5.56 Å². The van der Waals surface area contributed by atoms with Crippen LogP contribution in [0.2, 0.25) is 0 Å². The van der Waals surface area contributed by atoms with E-state index in [1.165, 1.54) is 0 Å². The third-order valence-corrected chi connectivity index (χ3v) is 4.85. The van der Waals surface area contributed by atoms with Gasteiger partial charge in [0.2, 0.25) is 0 Å². The average molecular weight is 326 g/mol. The summed E-state index contributed by atoms with van der Waals surface area (Å²) in [5.41, 5.74) is 3.82. The van der Waals surface area contributed by atoms with Crippen LogP contribution in [0.25, 0.3) is 0 Å². The van der Waals surface area contributed by atoms with Crippen LogP contribution in [0.15, 0.2) is 22.3 Å². The molecule has 0 saturated heterocycles. The van der Waals surface area contributed by atoms with Crippen molar-refractivity contribution in [3.05, 3.63) is 45.7 Å². The third kappa shape index (κ3) is 2.91. The zero-order valence-electron chi connectivity index (χ0n) is 14.0. The maximum atomic E-state index is 12.5. The predicted octanol–water partition coefficient (Wildman–Crippen LogP) is 1.03. The lowest BCUT2D eigenvalue weighted by atomic mass is 10.1. The van der Waals surface area contributed by atoms with Crippen molar-refractivity contribution in [2.75, 3.05) is 13.1 Å². The van der Waals surface area contributed by atoms with E-state index in [0.717, 1.165) is 68.0 Å². The Morgan fingerprint density at radius 2 is 2.21 bits per heavy atom. The standard InChI is InChI=1S/C17H22N6O/c1-22-11-18-8-12(22)9-23-7-5-14-13(10-23)17(24)21-16(20-14)15-4-2-3-6-19-15/h8,11H,2-7,9-10H2,1H3,(H,20,21,24). The van der Waals surface area contributed by atoms with Gasteiger partial charge in [-0.3, -0.25) is 14.7 Å². The minimum atomic E-state index is -0.0158. The molecule has 2 aliphatic rings. The molecule has 4 heterocycles. The number of hydrogen-bond donors (Lipinski definition) is 1. The average Bonchev–Trinajstić information content (AvgIpc) is 3.01. The number of H-pyrrole nitrogens is 1. The van der Waals surface area contributed by atoms with Crippen molar-refractivity contribution in [2.45, 2.75) is 38.8 Å². The third-order valence-electron chi connectivity index (χ3n) is 4.85. The Bertz CT molecular complexity index is 834. The highest BCUT2D eigenvalue weighted by Gasteiger charge is 2.23. The molecule has 1 N–H and O–H groups in total. The molecule has 0 unspecified atom stereocenters. The molecule has 0 fully saturated rings. The van der Waals surface area contributed by atoms with Crippen molar-refractivity contribution < 1.29 is 0 Å². The molecule has 0 amide bonds. The van der Waals surface area contributed by atoms with Crippen LogP contribution < -0.4 is 5.56 Å². The van der Waals surface area contributed by atoms with E-state index in [9.17, 15) is 4.79 Å². The number of aryl methyl sites for hydroxylation is 1. The van der Waals surface area contributed by atoms with Gasteiger partial charge in [-0.05, 0) is 19.3 Å². The summed E-state index contributed by atoms with van der Waals surface area (Å²) in [6.45, 7) is 3.18. The van der Waals surface area contributed by atoms with Crippen LogP contribution in [-0.2, 0) is 26.6 Å². The van der Waals surface area contributed by atoms with Gasteiger partial charge < -0.3 is 9.55 Å². The van der Waals surface area contributed by atoms with Gasteiger partial charge in [-0.25, -0.2) is 9.97 Å². The second-order valence-electron chi connectivity index (χ2n) is 6.58. The Morgan fingerprint density at radius 3 is 2.96 bits per heavy atom. The Hall–Kier alpha value is -2.28. The van der Waals surface area contributed by atoms with E-state index in [1.54, 1.807) is 6.33 Å². The summed E-state index contributed by atoms with van der Waals surface area (Å²) in [7, 11) is 1.99. The molecule has 2 aromatic rings. The Kier molecular flexibility index (Phi) is 4.02. The second-order valence-corrected chi connectivity index (χ2v) is 6.58. The first-order valence-electron chi connectivity index (χ1n) is 8.54. The summed E-state index contributed by atoms with van der Waals surface area (Å²) in [6, 6.07) is 0. The molecule has 0 radical (unpaired) electrons. The molecular weight excluding hydrogens is 304 g/mol. The van der Waals surface area contributed by atoms with Gasteiger partial charge in [0.1, 0.15) is 0 Å². The Morgan fingerprint density at radius 1 is 1.29 bits per heavy atom. The number of hydrogen-bond acceptors (Lipinski definition) is 5. The number of fused-ring (bicyclic) bond motifs is 1. The number of aliphatic imine (C=N–C) groups is 1. The lowest BCUT2D eigenvalue weighted by molar-refractivity contribution is 0.236. The number of nitrogens with zero attached hydrogens (tertiary/aromatic N) is 5. The fraction of sp³-hybridized carbons (Fsp3) is 0.529. The maximum Gasteiger partial charge on any atom is 0.255 e. The summed E-state index contributed by atoms with van der Waals surface area (Å²) in [5.74, 6) is 0.679. The molecule has 2 aromatic heterocycles. The second kappa shape index (κ2) is 6.32.